The van der Waals surface area contributed by atoms with Gasteiger partial charge in [-0.25, -0.2) is 0 Å². The van der Waals surface area contributed by atoms with Crippen molar-refractivity contribution in [1.82, 2.24) is 0 Å². The second-order valence-electron chi connectivity index (χ2n) is 7.95. The van der Waals surface area contributed by atoms with E-state index in [1.807, 2.05) is 0 Å². The number of benzene rings is 2. The van der Waals surface area contributed by atoms with Crippen LogP contribution in [-0.4, -0.2) is 0 Å². The van der Waals surface area contributed by atoms with Gasteiger partial charge in [0.1, 0.15) is 0 Å². The van der Waals surface area contributed by atoms with Crippen molar-refractivity contribution in [3.8, 4) is 0 Å². The molecule has 0 unspecified atom stereocenters. The highest BCUT2D eigenvalue weighted by Crippen LogP contribution is 2.21. The third kappa shape index (κ3) is 9.27. The standard InChI is InChI=1S/C27H40/c1-2-3-4-5-6-7-8-9-10-11-12-13-14-15-16-20-25-22-19-23-26-21-17-18-24-27(25)26/h3-4,17-19,21-24H,2,5-16,20H2,1H3/b4-3+. The molecule has 0 N–H and O–H groups in total. The van der Waals surface area contributed by atoms with Gasteiger partial charge in [0.2, 0.25) is 0 Å². The van der Waals surface area contributed by atoms with Crippen molar-refractivity contribution in [2.24, 2.45) is 0 Å². The van der Waals surface area contributed by atoms with Gasteiger partial charge in [0.15, 0.2) is 0 Å². The van der Waals surface area contributed by atoms with Gasteiger partial charge in [0, 0.05) is 0 Å². The summed E-state index contributed by atoms with van der Waals surface area (Å²) in [6.45, 7) is 2.21. The molecule has 0 fully saturated rings. The van der Waals surface area contributed by atoms with Gasteiger partial charge in [-0.05, 0) is 48.4 Å². The van der Waals surface area contributed by atoms with Crippen LogP contribution in [0.2, 0.25) is 0 Å². The fourth-order valence-electron chi connectivity index (χ4n) is 3.96. The molecule has 148 valence electrons. The maximum Gasteiger partial charge on any atom is -0.0152 e. The van der Waals surface area contributed by atoms with E-state index in [4.69, 9.17) is 0 Å². The monoisotopic (exact) mass is 364 g/mol. The van der Waals surface area contributed by atoms with Crippen LogP contribution in [0, 0.1) is 0 Å². The highest BCUT2D eigenvalue weighted by Gasteiger charge is 2.00. The van der Waals surface area contributed by atoms with Crippen LogP contribution < -0.4 is 0 Å². The molecule has 27 heavy (non-hydrogen) atoms. The zero-order valence-corrected chi connectivity index (χ0v) is 17.6. The van der Waals surface area contributed by atoms with E-state index in [1.54, 1.807) is 0 Å². The van der Waals surface area contributed by atoms with Crippen LogP contribution in [0.15, 0.2) is 54.6 Å². The summed E-state index contributed by atoms with van der Waals surface area (Å²) >= 11 is 0. The highest BCUT2D eigenvalue weighted by atomic mass is 14.1. The van der Waals surface area contributed by atoms with E-state index in [9.17, 15) is 0 Å². The van der Waals surface area contributed by atoms with Gasteiger partial charge in [0.05, 0.1) is 0 Å². The van der Waals surface area contributed by atoms with Gasteiger partial charge >= 0.3 is 0 Å². The van der Waals surface area contributed by atoms with E-state index in [1.165, 1.54) is 106 Å². The predicted octanol–water partition coefficient (Wildman–Crippen LogP) is 9.03. The first-order valence-corrected chi connectivity index (χ1v) is 11.5. The number of fused-ring (bicyclic) bond motifs is 1. The second-order valence-corrected chi connectivity index (χ2v) is 7.95. The van der Waals surface area contributed by atoms with Crippen LogP contribution in [0.3, 0.4) is 0 Å². The molecule has 0 radical (unpaired) electrons. The minimum Gasteiger partial charge on any atom is -0.0888 e. The lowest BCUT2D eigenvalue weighted by Crippen LogP contribution is -1.88. The van der Waals surface area contributed by atoms with Gasteiger partial charge in [-0.15, -0.1) is 0 Å². The molecule has 2 aromatic carbocycles. The van der Waals surface area contributed by atoms with Crippen molar-refractivity contribution in [2.45, 2.75) is 96.8 Å². The third-order valence-corrected chi connectivity index (χ3v) is 5.60. The number of aryl methyl sites for hydroxylation is 1. The van der Waals surface area contributed by atoms with Crippen molar-refractivity contribution in [3.63, 3.8) is 0 Å². The smallest absolute Gasteiger partial charge is 0.0152 e. The molecule has 0 bridgehead atoms. The number of hydrogen-bond donors (Lipinski definition) is 0. The van der Waals surface area contributed by atoms with Crippen LogP contribution in [0.5, 0.6) is 0 Å². The number of unbranched alkanes of at least 4 members (excludes halogenated alkanes) is 11. The molecule has 0 aromatic heterocycles. The molecular weight excluding hydrogens is 324 g/mol. The average Bonchev–Trinajstić information content (AvgIpc) is 2.71. The molecule has 0 nitrogen and oxygen atoms in total. The molecule has 0 saturated carbocycles. The van der Waals surface area contributed by atoms with E-state index in [0.717, 1.165) is 0 Å². The lowest BCUT2D eigenvalue weighted by Gasteiger charge is -2.07. The maximum atomic E-state index is 2.35. The van der Waals surface area contributed by atoms with Gasteiger partial charge in [-0.2, -0.15) is 0 Å². The lowest BCUT2D eigenvalue weighted by atomic mass is 9.99. The molecule has 0 aliphatic heterocycles. The molecule has 0 aliphatic carbocycles. The largest absolute Gasteiger partial charge is 0.0888 e. The first-order valence-electron chi connectivity index (χ1n) is 11.5. The number of rotatable bonds is 15. The summed E-state index contributed by atoms with van der Waals surface area (Å²) in [7, 11) is 0. The van der Waals surface area contributed by atoms with Crippen molar-refractivity contribution >= 4 is 10.8 Å². The third-order valence-electron chi connectivity index (χ3n) is 5.60. The summed E-state index contributed by atoms with van der Waals surface area (Å²) in [5.74, 6) is 0. The molecule has 0 heterocycles. The van der Waals surface area contributed by atoms with Gasteiger partial charge < -0.3 is 0 Å². The molecule has 0 heteroatoms. The minimum absolute atomic E-state index is 1.18. The fourth-order valence-corrected chi connectivity index (χ4v) is 3.96. The van der Waals surface area contributed by atoms with Gasteiger partial charge in [0.25, 0.3) is 0 Å². The van der Waals surface area contributed by atoms with Crippen molar-refractivity contribution < 1.29 is 0 Å². The Kier molecular flexibility index (Phi) is 11.7. The van der Waals surface area contributed by atoms with Crippen LogP contribution >= 0.6 is 0 Å². The number of allylic oxidation sites excluding steroid dienone is 2. The Morgan fingerprint density at radius 2 is 1.19 bits per heavy atom. The molecule has 2 aromatic rings. The van der Waals surface area contributed by atoms with Crippen LogP contribution in [0.25, 0.3) is 10.8 Å². The topological polar surface area (TPSA) is 0 Å². The zero-order chi connectivity index (χ0) is 19.0. The minimum atomic E-state index is 1.18. The van der Waals surface area contributed by atoms with Crippen molar-refractivity contribution in [2.75, 3.05) is 0 Å². The van der Waals surface area contributed by atoms with Crippen molar-refractivity contribution in [1.29, 1.82) is 0 Å². The molecule has 0 atom stereocenters. The summed E-state index contributed by atoms with van der Waals surface area (Å²) < 4.78 is 0. The van der Waals surface area contributed by atoms with E-state index in [2.05, 4.69) is 61.5 Å². The highest BCUT2D eigenvalue weighted by molar-refractivity contribution is 5.85. The first-order chi connectivity index (χ1) is 13.4. The predicted molar refractivity (Wildman–Crippen MR) is 122 cm³/mol. The molecule has 2 rings (SSSR count). The average molecular weight is 365 g/mol. The Balaban J connectivity index is 1.41. The summed E-state index contributed by atoms with van der Waals surface area (Å²) in [5, 5.41) is 2.83. The SMILES string of the molecule is CC/C=C/CCCCCCCCCCCCCc1cccc2ccccc12. The summed E-state index contributed by atoms with van der Waals surface area (Å²) in [6, 6.07) is 15.5. The quantitative estimate of drug-likeness (QED) is 0.218. The maximum absolute atomic E-state index is 2.35. The zero-order valence-electron chi connectivity index (χ0n) is 17.6. The van der Waals surface area contributed by atoms with Gasteiger partial charge in [-0.1, -0.05) is 119 Å². The van der Waals surface area contributed by atoms with E-state index in [0.29, 0.717) is 0 Å². The Labute approximate surface area is 168 Å². The Morgan fingerprint density at radius 3 is 1.89 bits per heavy atom. The molecule has 0 amide bonds. The summed E-state index contributed by atoms with van der Waals surface area (Å²) in [4.78, 5) is 0. The van der Waals surface area contributed by atoms with E-state index >= 15 is 0 Å². The fraction of sp³-hybridized carbons (Fsp3) is 0.556. The Hall–Kier alpha value is -1.56. The van der Waals surface area contributed by atoms with E-state index in [-0.39, 0.29) is 0 Å². The van der Waals surface area contributed by atoms with Crippen LogP contribution in [-0.2, 0) is 6.42 Å². The Bertz CT molecular complexity index is 632. The Morgan fingerprint density at radius 1 is 0.593 bits per heavy atom. The summed E-state index contributed by atoms with van der Waals surface area (Å²) in [6.07, 6.45) is 23.9. The lowest BCUT2D eigenvalue weighted by molar-refractivity contribution is 0.546. The summed E-state index contributed by atoms with van der Waals surface area (Å²) in [5.41, 5.74) is 1.53. The number of hydrogen-bond acceptors (Lipinski definition) is 0. The van der Waals surface area contributed by atoms with E-state index < -0.39 is 0 Å². The first kappa shape index (κ1) is 21.7. The molecule has 0 spiro atoms. The normalized spacial score (nSPS) is 11.6. The van der Waals surface area contributed by atoms with Crippen LogP contribution in [0.4, 0.5) is 0 Å². The van der Waals surface area contributed by atoms with Gasteiger partial charge in [-0.3, -0.25) is 0 Å². The molecular formula is C27H40. The second kappa shape index (κ2) is 14.5. The van der Waals surface area contributed by atoms with Crippen LogP contribution in [0.1, 0.15) is 96.0 Å². The van der Waals surface area contributed by atoms with Crippen molar-refractivity contribution in [3.05, 3.63) is 60.2 Å². The molecule has 0 aliphatic rings. The molecule has 0 saturated heterocycles.